The molecule has 6 heteroatoms. The first-order valence-corrected chi connectivity index (χ1v) is 7.85. The van der Waals surface area contributed by atoms with Crippen molar-refractivity contribution < 1.29 is 4.74 Å². The maximum atomic E-state index is 5.02. The zero-order chi connectivity index (χ0) is 16.2. The van der Waals surface area contributed by atoms with Gasteiger partial charge in [0.25, 0.3) is 0 Å². The number of nitrogens with one attached hydrogen (secondary N) is 2. The third kappa shape index (κ3) is 9.78. The van der Waals surface area contributed by atoms with Crippen LogP contribution < -0.4 is 10.6 Å². The maximum Gasteiger partial charge on any atom is 0.191 e. The zero-order valence-corrected chi connectivity index (χ0v) is 17.0. The zero-order valence-electron chi connectivity index (χ0n) is 14.7. The SMILES string of the molecule is CN=C(NCCOC)NCCC(C)N(C)Cc1ccccc1.I. The van der Waals surface area contributed by atoms with E-state index < -0.39 is 0 Å². The minimum atomic E-state index is 0. The quantitative estimate of drug-likeness (QED) is 0.271. The molecule has 0 amide bonds. The Morgan fingerprint density at radius 3 is 2.48 bits per heavy atom. The average Bonchev–Trinajstić information content (AvgIpc) is 2.54. The van der Waals surface area contributed by atoms with Crippen molar-refractivity contribution in [1.82, 2.24) is 15.5 Å². The topological polar surface area (TPSA) is 48.9 Å². The third-order valence-corrected chi connectivity index (χ3v) is 3.70. The molecule has 1 aromatic rings. The standard InChI is InChI=1S/C17H30N4O.HI/c1-15(21(3)14-16-8-6-5-7-9-16)10-11-19-17(18-2)20-12-13-22-4;/h5-9,15H,10-14H2,1-4H3,(H2,18,19,20);1H. The number of hydrogen-bond acceptors (Lipinski definition) is 3. The van der Waals surface area contributed by atoms with Crippen LogP contribution >= 0.6 is 24.0 Å². The predicted octanol–water partition coefficient (Wildman–Crippen LogP) is 2.33. The first kappa shape index (κ1) is 22.1. The summed E-state index contributed by atoms with van der Waals surface area (Å²) in [4.78, 5) is 6.57. The number of benzene rings is 1. The Labute approximate surface area is 157 Å². The normalized spacial score (nSPS) is 12.7. The predicted molar refractivity (Wildman–Crippen MR) is 109 cm³/mol. The van der Waals surface area contributed by atoms with Crippen molar-refractivity contribution >= 4 is 29.9 Å². The first-order valence-electron chi connectivity index (χ1n) is 7.85. The van der Waals surface area contributed by atoms with Gasteiger partial charge in [0.1, 0.15) is 0 Å². The molecule has 2 N–H and O–H groups in total. The number of ether oxygens (including phenoxy) is 1. The molecule has 1 atom stereocenters. The van der Waals surface area contributed by atoms with Crippen LogP contribution in [0, 0.1) is 0 Å². The van der Waals surface area contributed by atoms with E-state index in [4.69, 9.17) is 4.74 Å². The molecule has 0 aromatic heterocycles. The van der Waals surface area contributed by atoms with Gasteiger partial charge in [-0.25, -0.2) is 0 Å². The number of rotatable bonds is 9. The highest BCUT2D eigenvalue weighted by Gasteiger charge is 2.09. The molecule has 0 aliphatic carbocycles. The third-order valence-electron chi connectivity index (χ3n) is 3.70. The van der Waals surface area contributed by atoms with Gasteiger partial charge >= 0.3 is 0 Å². The highest BCUT2D eigenvalue weighted by molar-refractivity contribution is 14.0. The van der Waals surface area contributed by atoms with Crippen LogP contribution in [-0.2, 0) is 11.3 Å². The number of halogens is 1. The van der Waals surface area contributed by atoms with Gasteiger partial charge in [0.2, 0.25) is 0 Å². The molecule has 0 bridgehead atoms. The molecular weight excluding hydrogens is 403 g/mol. The minimum Gasteiger partial charge on any atom is -0.383 e. The van der Waals surface area contributed by atoms with Gasteiger partial charge in [-0.2, -0.15) is 0 Å². The molecule has 0 saturated carbocycles. The van der Waals surface area contributed by atoms with Crippen molar-refractivity contribution in [3.05, 3.63) is 35.9 Å². The van der Waals surface area contributed by atoms with Gasteiger partial charge in [-0.05, 0) is 26.0 Å². The average molecular weight is 434 g/mol. The molecule has 0 aliphatic rings. The van der Waals surface area contributed by atoms with E-state index in [1.165, 1.54) is 5.56 Å². The fourth-order valence-electron chi connectivity index (χ4n) is 2.14. The van der Waals surface area contributed by atoms with Crippen molar-refractivity contribution in [2.24, 2.45) is 4.99 Å². The van der Waals surface area contributed by atoms with Crippen LogP contribution in [0.15, 0.2) is 35.3 Å². The van der Waals surface area contributed by atoms with Crippen molar-refractivity contribution in [2.75, 3.05) is 40.9 Å². The second-order valence-corrected chi connectivity index (χ2v) is 5.46. The summed E-state index contributed by atoms with van der Waals surface area (Å²) in [5, 5.41) is 6.55. The summed E-state index contributed by atoms with van der Waals surface area (Å²) < 4.78 is 5.02. The summed E-state index contributed by atoms with van der Waals surface area (Å²) in [5.41, 5.74) is 1.35. The van der Waals surface area contributed by atoms with E-state index in [1.807, 2.05) is 0 Å². The molecule has 0 aliphatic heterocycles. The Morgan fingerprint density at radius 1 is 1.22 bits per heavy atom. The van der Waals surface area contributed by atoms with Crippen molar-refractivity contribution in [1.29, 1.82) is 0 Å². The van der Waals surface area contributed by atoms with Crippen LogP contribution in [0.5, 0.6) is 0 Å². The molecule has 1 aromatic carbocycles. The second kappa shape index (κ2) is 13.6. The molecule has 0 radical (unpaired) electrons. The molecule has 0 fully saturated rings. The molecule has 132 valence electrons. The lowest BCUT2D eigenvalue weighted by molar-refractivity contribution is 0.203. The number of guanidine groups is 1. The Balaban J connectivity index is 0.00000484. The van der Waals surface area contributed by atoms with E-state index in [0.717, 1.165) is 32.0 Å². The fourth-order valence-corrected chi connectivity index (χ4v) is 2.14. The van der Waals surface area contributed by atoms with Crippen LogP contribution in [0.25, 0.3) is 0 Å². The summed E-state index contributed by atoms with van der Waals surface area (Å²) in [6.07, 6.45) is 1.06. The van der Waals surface area contributed by atoms with Crippen LogP contribution in [0.3, 0.4) is 0 Å². The van der Waals surface area contributed by atoms with E-state index in [9.17, 15) is 0 Å². The molecule has 23 heavy (non-hydrogen) atoms. The van der Waals surface area contributed by atoms with E-state index in [0.29, 0.717) is 12.6 Å². The second-order valence-electron chi connectivity index (χ2n) is 5.46. The van der Waals surface area contributed by atoms with Crippen LogP contribution in [-0.4, -0.2) is 57.8 Å². The van der Waals surface area contributed by atoms with E-state index in [-0.39, 0.29) is 24.0 Å². The van der Waals surface area contributed by atoms with E-state index in [1.54, 1.807) is 14.2 Å². The number of methoxy groups -OCH3 is 1. The number of aliphatic imine (C=N–C) groups is 1. The Bertz CT molecular complexity index is 428. The smallest absolute Gasteiger partial charge is 0.191 e. The van der Waals surface area contributed by atoms with Gasteiger partial charge in [-0.15, -0.1) is 24.0 Å². The summed E-state index contributed by atoms with van der Waals surface area (Å²) in [6.45, 7) is 5.57. The van der Waals surface area contributed by atoms with Gasteiger partial charge < -0.3 is 15.4 Å². The Kier molecular flexibility index (Phi) is 13.1. The maximum absolute atomic E-state index is 5.02. The molecule has 1 rings (SSSR count). The first-order chi connectivity index (χ1) is 10.7. The van der Waals surface area contributed by atoms with Gasteiger partial charge in [-0.1, -0.05) is 30.3 Å². The van der Waals surface area contributed by atoms with Gasteiger partial charge in [0, 0.05) is 39.8 Å². The van der Waals surface area contributed by atoms with Gasteiger partial charge in [-0.3, -0.25) is 9.89 Å². The van der Waals surface area contributed by atoms with Crippen molar-refractivity contribution in [3.63, 3.8) is 0 Å². The highest BCUT2D eigenvalue weighted by Crippen LogP contribution is 2.07. The summed E-state index contributed by atoms with van der Waals surface area (Å²) in [7, 11) is 5.65. The van der Waals surface area contributed by atoms with Crippen LogP contribution in [0.2, 0.25) is 0 Å². The lowest BCUT2D eigenvalue weighted by Gasteiger charge is -2.25. The Morgan fingerprint density at radius 2 is 1.87 bits per heavy atom. The van der Waals surface area contributed by atoms with Gasteiger partial charge in [0.15, 0.2) is 5.96 Å². The lowest BCUT2D eigenvalue weighted by atomic mass is 10.1. The Hall–Kier alpha value is -0.860. The number of nitrogens with zero attached hydrogens (tertiary/aromatic N) is 2. The van der Waals surface area contributed by atoms with E-state index in [2.05, 4.69) is 64.8 Å². The minimum absolute atomic E-state index is 0. The van der Waals surface area contributed by atoms with Crippen molar-refractivity contribution in [3.8, 4) is 0 Å². The molecule has 1 unspecified atom stereocenters. The van der Waals surface area contributed by atoms with Crippen LogP contribution in [0.1, 0.15) is 18.9 Å². The van der Waals surface area contributed by atoms with Crippen LogP contribution in [0.4, 0.5) is 0 Å². The lowest BCUT2D eigenvalue weighted by Crippen LogP contribution is -2.41. The number of hydrogen-bond donors (Lipinski definition) is 2. The molecule has 0 heterocycles. The summed E-state index contributed by atoms with van der Waals surface area (Å²) in [5.74, 6) is 0.829. The summed E-state index contributed by atoms with van der Waals surface area (Å²) in [6, 6.07) is 11.1. The highest BCUT2D eigenvalue weighted by atomic mass is 127. The summed E-state index contributed by atoms with van der Waals surface area (Å²) >= 11 is 0. The molecule has 0 spiro atoms. The molecule has 5 nitrogen and oxygen atoms in total. The molecule has 0 saturated heterocycles. The fraction of sp³-hybridized carbons (Fsp3) is 0.588. The monoisotopic (exact) mass is 434 g/mol. The van der Waals surface area contributed by atoms with E-state index >= 15 is 0 Å². The van der Waals surface area contributed by atoms with Gasteiger partial charge in [0.05, 0.1) is 6.61 Å². The van der Waals surface area contributed by atoms with Crippen molar-refractivity contribution in [2.45, 2.75) is 25.9 Å². The largest absolute Gasteiger partial charge is 0.383 e. The molecular formula is C17H31IN4O.